The van der Waals surface area contributed by atoms with Crippen LogP contribution in [0.25, 0.3) is 0 Å². The lowest BCUT2D eigenvalue weighted by Gasteiger charge is -2.27. The van der Waals surface area contributed by atoms with E-state index in [0.717, 1.165) is 36.3 Å². The summed E-state index contributed by atoms with van der Waals surface area (Å²) in [6, 6.07) is 10.8. The van der Waals surface area contributed by atoms with E-state index in [-0.39, 0.29) is 41.8 Å². The zero-order chi connectivity index (χ0) is 23.5. The third-order valence-electron chi connectivity index (χ3n) is 6.05. The van der Waals surface area contributed by atoms with Gasteiger partial charge in [-0.2, -0.15) is 0 Å². The molecule has 9 heteroatoms. The first-order valence-electron chi connectivity index (χ1n) is 10.9. The minimum atomic E-state index is -0.949. The Morgan fingerprint density at radius 3 is 2.36 bits per heavy atom. The molecule has 0 aromatic heterocycles. The first kappa shape index (κ1) is 22.4. The van der Waals surface area contributed by atoms with Crippen LogP contribution in [0.1, 0.15) is 46.4 Å². The number of amides is 4. The lowest BCUT2D eigenvalue weighted by Crippen LogP contribution is -2.35. The monoisotopic (exact) mass is 452 g/mol. The Morgan fingerprint density at radius 1 is 1.00 bits per heavy atom. The molecule has 0 aliphatic carbocycles. The van der Waals surface area contributed by atoms with Gasteiger partial charge in [0.25, 0.3) is 11.8 Å². The summed E-state index contributed by atoms with van der Waals surface area (Å²) in [6.07, 6.45) is 2.73. The molecule has 172 valence electrons. The highest BCUT2D eigenvalue weighted by Crippen LogP contribution is 2.28. The maximum atomic E-state index is 13.6. The number of halogens is 1. The number of carbonyl (C=O) groups excluding carboxylic acids is 4. The van der Waals surface area contributed by atoms with Crippen LogP contribution in [0, 0.1) is 11.7 Å². The number of nitrogens with zero attached hydrogens (tertiary/aromatic N) is 2. The van der Waals surface area contributed by atoms with Gasteiger partial charge in [0.05, 0.1) is 5.56 Å². The second-order valence-electron chi connectivity index (χ2n) is 8.36. The van der Waals surface area contributed by atoms with E-state index >= 15 is 0 Å². The number of rotatable bonds is 6. The van der Waals surface area contributed by atoms with Gasteiger partial charge in [-0.1, -0.05) is 0 Å². The molecule has 1 unspecified atom stereocenters. The number of nitrogens with one attached hydrogen (secondary N) is 1. The van der Waals surface area contributed by atoms with Gasteiger partial charge in [-0.05, 0) is 55.3 Å². The fourth-order valence-corrected chi connectivity index (χ4v) is 4.25. The van der Waals surface area contributed by atoms with Crippen molar-refractivity contribution in [2.45, 2.75) is 25.7 Å². The van der Waals surface area contributed by atoms with Crippen LogP contribution < -0.4 is 20.9 Å². The Hall–Kier alpha value is -3.75. The van der Waals surface area contributed by atoms with Gasteiger partial charge < -0.3 is 20.9 Å². The number of primary amides is 1. The summed E-state index contributed by atoms with van der Waals surface area (Å²) in [5, 5.41) is 2.74. The summed E-state index contributed by atoms with van der Waals surface area (Å²) in [5.74, 6) is -2.23. The van der Waals surface area contributed by atoms with Crippen molar-refractivity contribution in [3.63, 3.8) is 0 Å². The van der Waals surface area contributed by atoms with Gasteiger partial charge in [0, 0.05) is 55.3 Å². The van der Waals surface area contributed by atoms with Crippen molar-refractivity contribution in [1.82, 2.24) is 5.32 Å². The molecule has 3 N–H and O–H groups in total. The lowest BCUT2D eigenvalue weighted by atomic mass is 10.1. The van der Waals surface area contributed by atoms with Crippen molar-refractivity contribution < 1.29 is 23.6 Å². The smallest absolute Gasteiger partial charge is 0.251 e. The lowest BCUT2D eigenvalue weighted by molar-refractivity contribution is -0.119. The molecular formula is C24H25FN4O4. The fraction of sp³-hybridized carbons (Fsp3) is 0.333. The average Bonchev–Trinajstić information content (AvgIpc) is 3.18. The molecule has 2 aromatic carbocycles. The van der Waals surface area contributed by atoms with Crippen LogP contribution in [0.4, 0.5) is 15.8 Å². The van der Waals surface area contributed by atoms with Gasteiger partial charge in [0.15, 0.2) is 0 Å². The van der Waals surface area contributed by atoms with Crippen LogP contribution in [0.15, 0.2) is 42.5 Å². The minimum absolute atomic E-state index is 0.0474. The van der Waals surface area contributed by atoms with Crippen LogP contribution in [0.3, 0.4) is 0 Å². The molecule has 0 spiro atoms. The Morgan fingerprint density at radius 2 is 1.70 bits per heavy atom. The number of piperidine rings is 1. The van der Waals surface area contributed by atoms with Gasteiger partial charge in [0.2, 0.25) is 11.8 Å². The van der Waals surface area contributed by atoms with E-state index in [1.165, 1.54) is 6.07 Å². The van der Waals surface area contributed by atoms with Crippen molar-refractivity contribution in [3.8, 4) is 0 Å². The van der Waals surface area contributed by atoms with Gasteiger partial charge >= 0.3 is 0 Å². The number of anilines is 2. The predicted octanol–water partition coefficient (Wildman–Crippen LogP) is 2.22. The second kappa shape index (κ2) is 9.40. The second-order valence-corrected chi connectivity index (χ2v) is 8.36. The summed E-state index contributed by atoms with van der Waals surface area (Å²) >= 11 is 0. The summed E-state index contributed by atoms with van der Waals surface area (Å²) in [4.78, 5) is 51.8. The van der Waals surface area contributed by atoms with Gasteiger partial charge in [-0.3, -0.25) is 19.2 Å². The van der Waals surface area contributed by atoms with E-state index in [1.54, 1.807) is 9.80 Å². The SMILES string of the molecule is NC(=O)c1cc(C(=O)NCC2CC(=O)N(c3ccc(N4CCCCC4=O)cc3)C2)ccc1F. The summed E-state index contributed by atoms with van der Waals surface area (Å²) in [5.41, 5.74) is 6.47. The maximum Gasteiger partial charge on any atom is 0.251 e. The van der Waals surface area contributed by atoms with E-state index in [9.17, 15) is 23.6 Å². The van der Waals surface area contributed by atoms with Crippen LogP contribution in [0.2, 0.25) is 0 Å². The molecule has 2 fully saturated rings. The molecule has 0 radical (unpaired) electrons. The normalized spacial score (nSPS) is 18.5. The molecule has 2 aliphatic rings. The van der Waals surface area contributed by atoms with Crippen LogP contribution in [-0.4, -0.2) is 43.3 Å². The van der Waals surface area contributed by atoms with Crippen LogP contribution in [0.5, 0.6) is 0 Å². The third-order valence-corrected chi connectivity index (χ3v) is 6.05. The zero-order valence-electron chi connectivity index (χ0n) is 18.1. The Balaban J connectivity index is 1.36. The van der Waals surface area contributed by atoms with Crippen molar-refractivity contribution in [3.05, 3.63) is 59.4 Å². The third kappa shape index (κ3) is 4.87. The van der Waals surface area contributed by atoms with Crippen molar-refractivity contribution in [1.29, 1.82) is 0 Å². The number of hydrogen-bond donors (Lipinski definition) is 2. The summed E-state index contributed by atoms with van der Waals surface area (Å²) in [6.45, 7) is 1.40. The topological polar surface area (TPSA) is 113 Å². The molecule has 4 rings (SSSR count). The van der Waals surface area contributed by atoms with Crippen molar-refractivity contribution in [2.24, 2.45) is 11.7 Å². The van der Waals surface area contributed by atoms with Crippen LogP contribution in [-0.2, 0) is 9.59 Å². The zero-order valence-corrected chi connectivity index (χ0v) is 18.1. The van der Waals surface area contributed by atoms with E-state index in [1.807, 2.05) is 24.3 Å². The Kier molecular flexibility index (Phi) is 6.39. The quantitative estimate of drug-likeness (QED) is 0.700. The van der Waals surface area contributed by atoms with Crippen molar-refractivity contribution >= 4 is 35.0 Å². The first-order valence-corrected chi connectivity index (χ1v) is 10.9. The average molecular weight is 452 g/mol. The first-order chi connectivity index (χ1) is 15.8. The number of carbonyl (C=O) groups is 4. The predicted molar refractivity (Wildman–Crippen MR) is 120 cm³/mol. The minimum Gasteiger partial charge on any atom is -0.366 e. The fourth-order valence-electron chi connectivity index (χ4n) is 4.25. The highest BCUT2D eigenvalue weighted by atomic mass is 19.1. The largest absolute Gasteiger partial charge is 0.366 e. The molecule has 2 saturated heterocycles. The summed E-state index contributed by atoms with van der Waals surface area (Å²) < 4.78 is 13.6. The Labute approximate surface area is 190 Å². The van der Waals surface area contributed by atoms with E-state index in [4.69, 9.17) is 5.73 Å². The molecule has 1 atom stereocenters. The molecule has 0 saturated carbocycles. The Bertz CT molecular complexity index is 1100. The van der Waals surface area contributed by atoms with Gasteiger partial charge in [-0.25, -0.2) is 4.39 Å². The molecule has 0 bridgehead atoms. The number of benzene rings is 2. The summed E-state index contributed by atoms with van der Waals surface area (Å²) in [7, 11) is 0. The molecule has 2 heterocycles. The molecule has 8 nitrogen and oxygen atoms in total. The molecule has 4 amide bonds. The standard InChI is InChI=1S/C24H25FN4O4/c25-20-9-4-16(12-19(20)23(26)32)24(33)27-13-15-11-22(31)29(14-15)18-7-5-17(6-8-18)28-10-2-1-3-21(28)30/h4-9,12,15H,1-3,10-11,13-14H2,(H2,26,32)(H,27,33). The maximum absolute atomic E-state index is 13.6. The van der Waals surface area contributed by atoms with Gasteiger partial charge in [0.1, 0.15) is 5.82 Å². The van der Waals surface area contributed by atoms with E-state index < -0.39 is 17.6 Å². The van der Waals surface area contributed by atoms with Crippen LogP contribution >= 0.6 is 0 Å². The number of hydrogen-bond acceptors (Lipinski definition) is 4. The number of nitrogens with two attached hydrogens (primary N) is 1. The molecule has 2 aromatic rings. The molecular weight excluding hydrogens is 427 g/mol. The highest BCUT2D eigenvalue weighted by molar-refractivity contribution is 6.00. The molecule has 2 aliphatic heterocycles. The van der Waals surface area contributed by atoms with E-state index in [0.29, 0.717) is 19.5 Å². The van der Waals surface area contributed by atoms with Gasteiger partial charge in [-0.15, -0.1) is 0 Å². The van der Waals surface area contributed by atoms with E-state index in [2.05, 4.69) is 5.32 Å². The molecule has 33 heavy (non-hydrogen) atoms. The highest BCUT2D eigenvalue weighted by Gasteiger charge is 2.31. The van der Waals surface area contributed by atoms with Crippen molar-refractivity contribution in [2.75, 3.05) is 29.4 Å².